The van der Waals surface area contributed by atoms with E-state index in [0.717, 1.165) is 17.3 Å². The van der Waals surface area contributed by atoms with Gasteiger partial charge in [-0.1, -0.05) is 29.8 Å². The Labute approximate surface area is 127 Å². The minimum atomic E-state index is -0.753. The van der Waals surface area contributed by atoms with Gasteiger partial charge >= 0.3 is 5.97 Å². The number of hydrogen-bond donors (Lipinski definition) is 1. The number of rotatable bonds is 7. The zero-order valence-electron chi connectivity index (χ0n) is 11.0. The van der Waals surface area contributed by atoms with Crippen LogP contribution in [-0.4, -0.2) is 17.6 Å². The molecule has 0 aliphatic carbocycles. The van der Waals surface area contributed by atoms with E-state index >= 15 is 0 Å². The fraction of sp³-hybridized carbons (Fsp3) is 0.267. The maximum atomic E-state index is 10.6. The molecule has 106 valence electrons. The van der Waals surface area contributed by atoms with Crippen LogP contribution in [0.15, 0.2) is 41.8 Å². The molecule has 0 unspecified atom stereocenters. The highest BCUT2D eigenvalue weighted by Crippen LogP contribution is 2.24. The average Bonchev–Trinajstić information content (AvgIpc) is 2.84. The van der Waals surface area contributed by atoms with Gasteiger partial charge in [0.15, 0.2) is 0 Å². The van der Waals surface area contributed by atoms with Crippen molar-refractivity contribution in [2.24, 2.45) is 0 Å². The van der Waals surface area contributed by atoms with Crippen LogP contribution in [0.2, 0.25) is 5.02 Å². The zero-order valence-corrected chi connectivity index (χ0v) is 12.5. The summed E-state index contributed by atoms with van der Waals surface area (Å²) in [6, 6.07) is 12.0. The lowest BCUT2D eigenvalue weighted by Crippen LogP contribution is -2.23. The molecule has 1 aromatic carbocycles. The van der Waals surface area contributed by atoms with Crippen molar-refractivity contribution in [1.82, 2.24) is 0 Å². The molecule has 0 aliphatic heterocycles. The van der Waals surface area contributed by atoms with E-state index in [1.165, 1.54) is 4.88 Å². The van der Waals surface area contributed by atoms with Gasteiger partial charge in [-0.3, -0.25) is 4.79 Å². The molecule has 2 aromatic rings. The molecule has 0 spiro atoms. The first-order chi connectivity index (χ1) is 9.65. The number of carbonyl (C=O) groups is 1. The Bertz CT molecular complexity index is 556. The molecule has 1 heterocycles. The summed E-state index contributed by atoms with van der Waals surface area (Å²) in [4.78, 5) is 14.0. The number of aliphatic carboxylic acids is 1. The molecule has 0 radical (unpaired) electrons. The third kappa shape index (κ3) is 4.54. The van der Waals surface area contributed by atoms with Gasteiger partial charge in [0.05, 0.1) is 11.6 Å². The lowest BCUT2D eigenvalue weighted by molar-refractivity contribution is -0.137. The van der Waals surface area contributed by atoms with E-state index in [0.29, 0.717) is 13.0 Å². The van der Waals surface area contributed by atoms with Crippen LogP contribution >= 0.6 is 22.9 Å². The van der Waals surface area contributed by atoms with Gasteiger partial charge in [-0.15, -0.1) is 11.3 Å². The van der Waals surface area contributed by atoms with Crippen molar-refractivity contribution < 1.29 is 9.90 Å². The molecule has 1 N–H and O–H groups in total. The number of carboxylic acids is 1. The third-order valence-electron chi connectivity index (χ3n) is 2.91. The van der Waals surface area contributed by atoms with Crippen molar-refractivity contribution in [3.8, 4) is 0 Å². The van der Waals surface area contributed by atoms with Crippen LogP contribution < -0.4 is 4.90 Å². The molecule has 0 aliphatic rings. The van der Waals surface area contributed by atoms with Crippen LogP contribution in [0.4, 0.5) is 5.69 Å². The number of carboxylic acid groups (broad SMARTS) is 1. The Morgan fingerprint density at radius 2 is 2.05 bits per heavy atom. The van der Waals surface area contributed by atoms with Crippen molar-refractivity contribution in [1.29, 1.82) is 0 Å². The highest BCUT2D eigenvalue weighted by atomic mass is 35.5. The maximum absolute atomic E-state index is 10.6. The van der Waals surface area contributed by atoms with Crippen molar-refractivity contribution in [2.75, 3.05) is 11.4 Å². The van der Waals surface area contributed by atoms with Crippen molar-refractivity contribution >= 4 is 34.6 Å². The molecule has 5 heteroatoms. The number of thiophene rings is 1. The van der Waals surface area contributed by atoms with Gasteiger partial charge < -0.3 is 10.0 Å². The molecule has 2 rings (SSSR count). The summed E-state index contributed by atoms with van der Waals surface area (Å²) in [6.45, 7) is 1.47. The predicted octanol–water partition coefficient (Wildman–Crippen LogP) is 4.27. The average molecular weight is 310 g/mol. The quantitative estimate of drug-likeness (QED) is 0.830. The van der Waals surface area contributed by atoms with Gasteiger partial charge in [0.25, 0.3) is 0 Å². The number of benzene rings is 1. The van der Waals surface area contributed by atoms with Gasteiger partial charge in [-0.25, -0.2) is 0 Å². The van der Waals surface area contributed by atoms with Crippen molar-refractivity contribution in [2.45, 2.75) is 19.4 Å². The van der Waals surface area contributed by atoms with Gasteiger partial charge in [0.2, 0.25) is 0 Å². The minimum absolute atomic E-state index is 0.189. The Hall–Kier alpha value is -1.52. The Balaban J connectivity index is 2.05. The number of anilines is 1. The zero-order chi connectivity index (χ0) is 14.4. The summed E-state index contributed by atoms with van der Waals surface area (Å²) < 4.78 is 0. The minimum Gasteiger partial charge on any atom is -0.481 e. The molecule has 0 saturated carbocycles. The highest BCUT2D eigenvalue weighted by molar-refractivity contribution is 7.10. The molecular weight excluding hydrogens is 294 g/mol. The lowest BCUT2D eigenvalue weighted by atomic mass is 10.2. The normalized spacial score (nSPS) is 10.4. The molecule has 3 nitrogen and oxygen atoms in total. The lowest BCUT2D eigenvalue weighted by Gasteiger charge is -2.24. The Morgan fingerprint density at radius 3 is 2.65 bits per heavy atom. The van der Waals surface area contributed by atoms with E-state index in [9.17, 15) is 4.79 Å². The van der Waals surface area contributed by atoms with Crippen molar-refractivity contribution in [3.63, 3.8) is 0 Å². The van der Waals surface area contributed by atoms with E-state index in [1.54, 1.807) is 11.3 Å². The standard InChI is InChI=1S/C15H16ClNO2S/c16-12-9-14(20-11-12)10-17(8-4-7-15(18)19)13-5-2-1-3-6-13/h1-3,5-6,9,11H,4,7-8,10H2,(H,18,19). The fourth-order valence-electron chi connectivity index (χ4n) is 1.98. The topological polar surface area (TPSA) is 40.5 Å². The molecule has 0 bridgehead atoms. The molecule has 0 atom stereocenters. The Kier molecular flexibility index (Phi) is 5.44. The van der Waals surface area contributed by atoms with E-state index in [4.69, 9.17) is 16.7 Å². The van der Waals surface area contributed by atoms with E-state index in [1.807, 2.05) is 41.8 Å². The second kappa shape index (κ2) is 7.31. The van der Waals surface area contributed by atoms with Gasteiger partial charge in [0, 0.05) is 28.9 Å². The summed E-state index contributed by atoms with van der Waals surface area (Å²) in [5.41, 5.74) is 1.10. The summed E-state index contributed by atoms with van der Waals surface area (Å²) in [6.07, 6.45) is 0.817. The summed E-state index contributed by atoms with van der Waals surface area (Å²) in [5, 5.41) is 11.4. The first-order valence-electron chi connectivity index (χ1n) is 6.40. The molecule has 20 heavy (non-hydrogen) atoms. The highest BCUT2D eigenvalue weighted by Gasteiger charge is 2.09. The monoisotopic (exact) mass is 309 g/mol. The Morgan fingerprint density at radius 1 is 1.30 bits per heavy atom. The molecule has 0 saturated heterocycles. The van der Waals surface area contributed by atoms with Gasteiger partial charge in [0.1, 0.15) is 0 Å². The van der Waals surface area contributed by atoms with Gasteiger partial charge in [-0.05, 0) is 24.6 Å². The first kappa shape index (κ1) is 14.9. The summed E-state index contributed by atoms with van der Waals surface area (Å²) in [5.74, 6) is -0.753. The maximum Gasteiger partial charge on any atom is 0.303 e. The number of nitrogens with zero attached hydrogens (tertiary/aromatic N) is 1. The second-order valence-corrected chi connectivity index (χ2v) is 5.92. The van der Waals surface area contributed by atoms with E-state index in [2.05, 4.69) is 4.90 Å². The van der Waals surface area contributed by atoms with Crippen LogP contribution in [0.25, 0.3) is 0 Å². The molecule has 0 fully saturated rings. The molecule has 1 aromatic heterocycles. The van der Waals surface area contributed by atoms with E-state index in [-0.39, 0.29) is 6.42 Å². The van der Waals surface area contributed by atoms with Gasteiger partial charge in [-0.2, -0.15) is 0 Å². The van der Waals surface area contributed by atoms with Crippen LogP contribution in [0.1, 0.15) is 17.7 Å². The largest absolute Gasteiger partial charge is 0.481 e. The summed E-state index contributed by atoms with van der Waals surface area (Å²) >= 11 is 7.57. The molecule has 0 amide bonds. The number of hydrogen-bond acceptors (Lipinski definition) is 3. The number of para-hydroxylation sites is 1. The van der Waals surface area contributed by atoms with Crippen LogP contribution in [0.3, 0.4) is 0 Å². The van der Waals surface area contributed by atoms with Crippen LogP contribution in [0, 0.1) is 0 Å². The van der Waals surface area contributed by atoms with Crippen LogP contribution in [0.5, 0.6) is 0 Å². The smallest absolute Gasteiger partial charge is 0.303 e. The fourth-order valence-corrected chi connectivity index (χ4v) is 3.07. The SMILES string of the molecule is O=C(O)CCCN(Cc1cc(Cl)cs1)c1ccccc1. The molecular formula is C15H16ClNO2S. The predicted molar refractivity (Wildman–Crippen MR) is 83.7 cm³/mol. The second-order valence-electron chi connectivity index (χ2n) is 4.49. The summed E-state index contributed by atoms with van der Waals surface area (Å²) in [7, 11) is 0. The third-order valence-corrected chi connectivity index (χ3v) is 4.18. The van der Waals surface area contributed by atoms with Crippen molar-refractivity contribution in [3.05, 3.63) is 51.7 Å². The van der Waals surface area contributed by atoms with Crippen LogP contribution in [-0.2, 0) is 11.3 Å². The number of halogens is 1. The first-order valence-corrected chi connectivity index (χ1v) is 7.65. The van der Waals surface area contributed by atoms with E-state index < -0.39 is 5.97 Å².